The number of anilines is 2. The molecule has 0 atom stereocenters. The molecule has 0 bridgehead atoms. The van der Waals surface area contributed by atoms with Crippen molar-refractivity contribution in [2.45, 2.75) is 30.6 Å². The Bertz CT molecular complexity index is 971. The van der Waals surface area contributed by atoms with Gasteiger partial charge in [-0.05, 0) is 36.6 Å². The molecule has 0 spiro atoms. The van der Waals surface area contributed by atoms with Crippen LogP contribution >= 0.6 is 23.1 Å². The largest absolute Gasteiger partial charge is 0.416 e. The summed E-state index contributed by atoms with van der Waals surface area (Å²) < 4.78 is 40.0. The molecule has 0 fully saturated rings. The van der Waals surface area contributed by atoms with Crippen molar-refractivity contribution in [3.63, 3.8) is 0 Å². The van der Waals surface area contributed by atoms with Crippen molar-refractivity contribution in [2.75, 3.05) is 5.32 Å². The minimum absolute atomic E-state index is 0.114. The van der Waals surface area contributed by atoms with E-state index in [4.69, 9.17) is 0 Å². The van der Waals surface area contributed by atoms with E-state index in [1.54, 1.807) is 18.3 Å². The van der Waals surface area contributed by atoms with Gasteiger partial charge in [-0.3, -0.25) is 9.36 Å². The van der Waals surface area contributed by atoms with Gasteiger partial charge in [0.1, 0.15) is 0 Å². The zero-order valence-corrected chi connectivity index (χ0v) is 15.8. The van der Waals surface area contributed by atoms with E-state index < -0.39 is 17.3 Å². The molecule has 142 valence electrons. The summed E-state index contributed by atoms with van der Waals surface area (Å²) in [5.41, 5.74) is -1.11. The van der Waals surface area contributed by atoms with Crippen molar-refractivity contribution in [3.05, 3.63) is 62.6 Å². The lowest BCUT2D eigenvalue weighted by Crippen LogP contribution is -2.26. The number of aromatic nitrogens is 3. The molecular weight excluding hydrogens is 397 g/mol. The number of hydrogen-bond acceptors (Lipinski definition) is 6. The maximum absolute atomic E-state index is 12.8. The number of thioether (sulfide) groups is 1. The fourth-order valence-corrected chi connectivity index (χ4v) is 4.08. The van der Waals surface area contributed by atoms with Crippen LogP contribution in [0.1, 0.15) is 17.4 Å². The molecule has 0 amide bonds. The first-order chi connectivity index (χ1) is 12.9. The molecule has 1 aromatic carbocycles. The van der Waals surface area contributed by atoms with Crippen LogP contribution in [0.25, 0.3) is 0 Å². The van der Waals surface area contributed by atoms with Crippen molar-refractivity contribution in [3.8, 4) is 0 Å². The van der Waals surface area contributed by atoms with Crippen LogP contribution in [0.15, 0.2) is 51.7 Å². The SMILES string of the molecule is CCn1c(SCc2cccs2)nnc(Nc2cccc(C(F)(F)F)c2)c1=O. The van der Waals surface area contributed by atoms with Gasteiger partial charge in [0.25, 0.3) is 5.56 Å². The highest BCUT2D eigenvalue weighted by molar-refractivity contribution is 7.98. The number of rotatable bonds is 6. The summed E-state index contributed by atoms with van der Waals surface area (Å²) in [6, 6.07) is 8.53. The first kappa shape index (κ1) is 19.4. The summed E-state index contributed by atoms with van der Waals surface area (Å²) in [5, 5.41) is 13.0. The van der Waals surface area contributed by atoms with Gasteiger partial charge in [0.15, 0.2) is 5.16 Å². The fourth-order valence-electron chi connectivity index (χ4n) is 2.31. The van der Waals surface area contributed by atoms with Crippen LogP contribution in [0.4, 0.5) is 24.7 Å². The van der Waals surface area contributed by atoms with E-state index in [1.165, 1.54) is 28.5 Å². The molecule has 0 radical (unpaired) electrons. The normalized spacial score (nSPS) is 11.6. The van der Waals surface area contributed by atoms with Gasteiger partial charge < -0.3 is 5.32 Å². The minimum Gasteiger partial charge on any atom is -0.334 e. The Hall–Kier alpha value is -2.33. The molecule has 0 saturated heterocycles. The quantitative estimate of drug-likeness (QED) is 0.591. The van der Waals surface area contributed by atoms with Gasteiger partial charge in [0, 0.05) is 22.9 Å². The number of thiophene rings is 1. The van der Waals surface area contributed by atoms with Crippen molar-refractivity contribution < 1.29 is 13.2 Å². The van der Waals surface area contributed by atoms with Crippen molar-refractivity contribution in [1.29, 1.82) is 0 Å². The number of benzene rings is 1. The predicted octanol–water partition coefficient (Wildman–Crippen LogP) is 4.77. The van der Waals surface area contributed by atoms with E-state index in [0.717, 1.165) is 17.0 Å². The van der Waals surface area contributed by atoms with E-state index in [2.05, 4.69) is 15.5 Å². The number of halogens is 3. The van der Waals surface area contributed by atoms with Gasteiger partial charge >= 0.3 is 6.18 Å². The third kappa shape index (κ3) is 4.69. The number of alkyl halides is 3. The smallest absolute Gasteiger partial charge is 0.334 e. The van der Waals surface area contributed by atoms with E-state index in [1.807, 2.05) is 17.5 Å². The molecule has 1 N–H and O–H groups in total. The maximum atomic E-state index is 12.8. The molecule has 0 saturated carbocycles. The Morgan fingerprint density at radius 3 is 2.70 bits per heavy atom. The molecule has 0 aliphatic carbocycles. The summed E-state index contributed by atoms with van der Waals surface area (Å²) in [4.78, 5) is 13.8. The maximum Gasteiger partial charge on any atom is 0.416 e. The standard InChI is InChI=1S/C17H15F3N4OS2/c1-2-24-15(25)14(21-12-6-3-5-11(9-12)17(18,19)20)22-23-16(24)27-10-13-7-4-8-26-13/h3-9H,2,10H2,1H3,(H,21,22). The Morgan fingerprint density at radius 2 is 2.04 bits per heavy atom. The van der Waals surface area contributed by atoms with Crippen molar-refractivity contribution in [2.24, 2.45) is 0 Å². The Balaban J connectivity index is 1.84. The lowest BCUT2D eigenvalue weighted by atomic mass is 10.2. The second kappa shape index (κ2) is 8.13. The monoisotopic (exact) mass is 412 g/mol. The number of nitrogens with one attached hydrogen (secondary N) is 1. The van der Waals surface area contributed by atoms with E-state index in [-0.39, 0.29) is 11.5 Å². The fraction of sp³-hybridized carbons (Fsp3) is 0.235. The molecule has 2 heterocycles. The molecule has 5 nitrogen and oxygen atoms in total. The Labute approximate surface area is 161 Å². The van der Waals surface area contributed by atoms with Gasteiger partial charge in [-0.2, -0.15) is 13.2 Å². The van der Waals surface area contributed by atoms with Gasteiger partial charge in [-0.1, -0.05) is 23.9 Å². The van der Waals surface area contributed by atoms with Crippen LogP contribution in [0, 0.1) is 0 Å². The first-order valence-corrected chi connectivity index (χ1v) is 9.82. The number of nitrogens with zero attached hydrogens (tertiary/aromatic N) is 3. The van der Waals surface area contributed by atoms with Gasteiger partial charge in [-0.25, -0.2) is 0 Å². The molecule has 10 heteroatoms. The van der Waals surface area contributed by atoms with E-state index in [0.29, 0.717) is 17.5 Å². The van der Waals surface area contributed by atoms with Gasteiger partial charge in [0.05, 0.1) is 5.56 Å². The summed E-state index contributed by atoms with van der Waals surface area (Å²) in [5.74, 6) is 0.545. The van der Waals surface area contributed by atoms with Crippen molar-refractivity contribution in [1.82, 2.24) is 14.8 Å². The average molecular weight is 412 g/mol. The average Bonchev–Trinajstić information content (AvgIpc) is 3.15. The third-order valence-corrected chi connectivity index (χ3v) is 5.68. The first-order valence-electron chi connectivity index (χ1n) is 7.95. The molecule has 3 rings (SSSR count). The van der Waals surface area contributed by atoms with E-state index >= 15 is 0 Å². The van der Waals surface area contributed by atoms with Crippen LogP contribution in [-0.2, 0) is 18.5 Å². The molecule has 0 aliphatic heterocycles. The molecular formula is C17H15F3N4OS2. The highest BCUT2D eigenvalue weighted by atomic mass is 32.2. The zero-order chi connectivity index (χ0) is 19.4. The lowest BCUT2D eigenvalue weighted by molar-refractivity contribution is -0.137. The summed E-state index contributed by atoms with van der Waals surface area (Å²) in [6.45, 7) is 2.17. The predicted molar refractivity (Wildman–Crippen MR) is 101 cm³/mol. The second-order valence-corrected chi connectivity index (χ2v) is 7.43. The van der Waals surface area contributed by atoms with Crippen LogP contribution < -0.4 is 10.9 Å². The van der Waals surface area contributed by atoms with Crippen LogP contribution in [0.3, 0.4) is 0 Å². The zero-order valence-electron chi connectivity index (χ0n) is 14.2. The summed E-state index contributed by atoms with van der Waals surface area (Å²) in [6.07, 6.45) is -4.46. The van der Waals surface area contributed by atoms with Crippen LogP contribution in [0.2, 0.25) is 0 Å². The summed E-state index contributed by atoms with van der Waals surface area (Å²) in [7, 11) is 0. The minimum atomic E-state index is -4.46. The molecule has 2 aromatic heterocycles. The number of hydrogen-bond donors (Lipinski definition) is 1. The van der Waals surface area contributed by atoms with Gasteiger partial charge in [0.2, 0.25) is 5.82 Å². The van der Waals surface area contributed by atoms with Gasteiger partial charge in [-0.15, -0.1) is 21.5 Å². The van der Waals surface area contributed by atoms with Crippen LogP contribution in [-0.4, -0.2) is 14.8 Å². The lowest BCUT2D eigenvalue weighted by Gasteiger charge is -2.12. The molecule has 0 unspecified atom stereocenters. The topological polar surface area (TPSA) is 59.8 Å². The van der Waals surface area contributed by atoms with Crippen molar-refractivity contribution >= 4 is 34.6 Å². The second-order valence-electron chi connectivity index (χ2n) is 5.45. The molecule has 3 aromatic rings. The highest BCUT2D eigenvalue weighted by Gasteiger charge is 2.30. The summed E-state index contributed by atoms with van der Waals surface area (Å²) >= 11 is 2.99. The van der Waals surface area contributed by atoms with Crippen LogP contribution in [0.5, 0.6) is 0 Å². The van der Waals surface area contributed by atoms with E-state index in [9.17, 15) is 18.0 Å². The Kier molecular flexibility index (Phi) is 5.85. The Morgan fingerprint density at radius 1 is 1.22 bits per heavy atom. The highest BCUT2D eigenvalue weighted by Crippen LogP contribution is 2.31. The molecule has 27 heavy (non-hydrogen) atoms. The molecule has 0 aliphatic rings. The third-order valence-electron chi connectivity index (χ3n) is 3.61.